The highest BCUT2D eigenvalue weighted by Gasteiger charge is 2.20. The fourth-order valence-electron chi connectivity index (χ4n) is 3.74. The van der Waals surface area contributed by atoms with Crippen molar-refractivity contribution in [2.24, 2.45) is 0 Å². The highest BCUT2D eigenvalue weighted by atomic mass is 32.2. The minimum Gasteiger partial charge on any atom is -0.338 e. The summed E-state index contributed by atoms with van der Waals surface area (Å²) >= 11 is 1.67. The van der Waals surface area contributed by atoms with E-state index in [0.717, 1.165) is 28.2 Å². The van der Waals surface area contributed by atoms with Crippen LogP contribution in [0.3, 0.4) is 0 Å². The van der Waals surface area contributed by atoms with Crippen molar-refractivity contribution in [2.45, 2.75) is 37.2 Å². The van der Waals surface area contributed by atoms with Crippen LogP contribution in [0, 0.1) is 6.92 Å². The third-order valence-corrected chi connectivity index (χ3v) is 7.45. The Balaban J connectivity index is 1.22. The van der Waals surface area contributed by atoms with E-state index in [0.29, 0.717) is 29.7 Å². The maximum Gasteiger partial charge on any atom is 0.240 e. The molecule has 33 heavy (non-hydrogen) atoms. The quantitative estimate of drug-likeness (QED) is 0.427. The molecule has 10 heteroatoms. The molecule has 3 heterocycles. The number of aryl methyl sites for hydroxylation is 1. The van der Waals surface area contributed by atoms with Gasteiger partial charge in [-0.25, -0.2) is 13.4 Å². The van der Waals surface area contributed by atoms with Crippen LogP contribution in [-0.4, -0.2) is 34.2 Å². The number of thiazole rings is 1. The second-order valence-electron chi connectivity index (χ2n) is 8.09. The van der Waals surface area contributed by atoms with Crippen LogP contribution in [0.4, 0.5) is 0 Å². The van der Waals surface area contributed by atoms with E-state index in [1.54, 1.807) is 35.6 Å². The molecular formula is C23H23N5O3S2. The highest BCUT2D eigenvalue weighted by molar-refractivity contribution is 7.90. The third-order valence-electron chi connectivity index (χ3n) is 5.41. The number of nitrogens with one attached hydrogen (secondary N) is 1. The Morgan fingerprint density at radius 2 is 2.00 bits per heavy atom. The Hall–Kier alpha value is -3.08. The van der Waals surface area contributed by atoms with Gasteiger partial charge in [0.15, 0.2) is 20.6 Å². The smallest absolute Gasteiger partial charge is 0.240 e. The Bertz CT molecular complexity index is 1430. The van der Waals surface area contributed by atoms with E-state index >= 15 is 0 Å². The summed E-state index contributed by atoms with van der Waals surface area (Å²) in [5, 5.41) is 7.44. The van der Waals surface area contributed by atoms with Gasteiger partial charge in [-0.3, -0.25) is 4.40 Å². The molecule has 1 aromatic carbocycles. The number of nitrogens with zero attached hydrogens (tertiary/aromatic N) is 4. The van der Waals surface area contributed by atoms with E-state index in [2.05, 4.69) is 51.2 Å². The molecule has 1 unspecified atom stereocenters. The first-order chi connectivity index (χ1) is 15.8. The van der Waals surface area contributed by atoms with Crippen LogP contribution in [0.5, 0.6) is 0 Å². The summed E-state index contributed by atoms with van der Waals surface area (Å²) in [6.45, 7) is 3.07. The molecule has 0 aliphatic heterocycles. The lowest BCUT2D eigenvalue weighted by atomic mass is 9.94. The number of sulfone groups is 1. The Morgan fingerprint density at radius 1 is 1.18 bits per heavy atom. The lowest BCUT2D eigenvalue weighted by Crippen LogP contribution is -2.13. The van der Waals surface area contributed by atoms with Crippen LogP contribution in [-0.2, 0) is 22.9 Å². The largest absolute Gasteiger partial charge is 0.338 e. The normalized spacial score (nSPS) is 16.4. The van der Waals surface area contributed by atoms with Gasteiger partial charge < -0.3 is 9.84 Å². The van der Waals surface area contributed by atoms with Gasteiger partial charge in [0.1, 0.15) is 0 Å². The van der Waals surface area contributed by atoms with Gasteiger partial charge >= 0.3 is 0 Å². The van der Waals surface area contributed by atoms with Crippen LogP contribution in [0.15, 0.2) is 64.3 Å². The molecule has 0 radical (unpaired) electrons. The van der Waals surface area contributed by atoms with Crippen LogP contribution in [0.2, 0.25) is 0 Å². The molecular weight excluding hydrogens is 458 g/mol. The molecule has 1 N–H and O–H groups in total. The van der Waals surface area contributed by atoms with Crippen molar-refractivity contribution < 1.29 is 12.9 Å². The van der Waals surface area contributed by atoms with Gasteiger partial charge in [-0.2, -0.15) is 4.98 Å². The monoisotopic (exact) mass is 481 g/mol. The summed E-state index contributed by atoms with van der Waals surface area (Å²) in [7, 11) is -3.19. The predicted octanol–water partition coefficient (Wildman–Crippen LogP) is 3.91. The number of hydrogen-bond acceptors (Lipinski definition) is 8. The van der Waals surface area contributed by atoms with E-state index in [4.69, 9.17) is 9.51 Å². The molecule has 0 fully saturated rings. The van der Waals surface area contributed by atoms with Crippen LogP contribution in [0.1, 0.15) is 40.2 Å². The molecule has 3 aromatic heterocycles. The van der Waals surface area contributed by atoms with Gasteiger partial charge in [0.2, 0.25) is 5.89 Å². The zero-order chi connectivity index (χ0) is 23.0. The Labute approximate surface area is 195 Å². The van der Waals surface area contributed by atoms with Crippen LogP contribution >= 0.6 is 11.3 Å². The number of allylic oxidation sites excluding steroid dienone is 4. The molecule has 0 spiro atoms. The zero-order valence-corrected chi connectivity index (χ0v) is 19.9. The van der Waals surface area contributed by atoms with E-state index in [1.165, 1.54) is 11.1 Å². The van der Waals surface area contributed by atoms with Gasteiger partial charge in [0.25, 0.3) is 0 Å². The second kappa shape index (κ2) is 8.69. The maximum atomic E-state index is 11.6. The Morgan fingerprint density at radius 3 is 2.76 bits per heavy atom. The van der Waals surface area contributed by atoms with E-state index in [1.807, 2.05) is 6.20 Å². The molecule has 8 nitrogen and oxygen atoms in total. The minimum absolute atomic E-state index is 0.0347. The molecule has 1 aliphatic carbocycles. The SMILES string of the molecule is Cc1cn2cc(C3=CC(c4noc(CNCc5ccc(S(C)(=O)=O)cc5)n4)CC=C3)nc2s1. The van der Waals surface area contributed by atoms with Crippen molar-refractivity contribution >= 4 is 31.7 Å². The molecule has 5 rings (SSSR count). The zero-order valence-electron chi connectivity index (χ0n) is 18.2. The maximum absolute atomic E-state index is 11.6. The second-order valence-corrected chi connectivity index (χ2v) is 11.3. The summed E-state index contributed by atoms with van der Waals surface area (Å²) in [6.07, 6.45) is 12.5. The molecule has 0 bridgehead atoms. The van der Waals surface area contributed by atoms with Crippen LogP contribution in [0.25, 0.3) is 10.5 Å². The van der Waals surface area contributed by atoms with Crippen molar-refractivity contribution in [3.63, 3.8) is 0 Å². The van der Waals surface area contributed by atoms with Crippen molar-refractivity contribution in [2.75, 3.05) is 6.26 Å². The van der Waals surface area contributed by atoms with Gasteiger partial charge in [-0.05, 0) is 36.6 Å². The number of benzene rings is 1. The van der Waals surface area contributed by atoms with Gasteiger partial charge in [0, 0.05) is 36.0 Å². The van der Waals surface area contributed by atoms with Gasteiger partial charge in [-0.15, -0.1) is 11.3 Å². The first-order valence-corrected chi connectivity index (χ1v) is 13.2. The van der Waals surface area contributed by atoms with Crippen molar-refractivity contribution in [1.29, 1.82) is 0 Å². The number of hydrogen-bond donors (Lipinski definition) is 1. The number of imidazole rings is 1. The van der Waals surface area contributed by atoms with Crippen molar-refractivity contribution in [3.05, 3.63) is 82.7 Å². The highest BCUT2D eigenvalue weighted by Crippen LogP contribution is 2.30. The number of rotatable bonds is 7. The topological polar surface area (TPSA) is 102 Å². The molecule has 1 atom stereocenters. The van der Waals surface area contributed by atoms with E-state index < -0.39 is 9.84 Å². The molecule has 0 saturated carbocycles. The predicted molar refractivity (Wildman–Crippen MR) is 127 cm³/mol. The third kappa shape index (κ3) is 4.82. The molecule has 0 amide bonds. The number of fused-ring (bicyclic) bond motifs is 1. The van der Waals surface area contributed by atoms with E-state index in [-0.39, 0.29) is 5.92 Å². The summed E-state index contributed by atoms with van der Waals surface area (Å²) in [6, 6.07) is 6.82. The lowest BCUT2D eigenvalue weighted by Gasteiger charge is -2.12. The lowest BCUT2D eigenvalue weighted by molar-refractivity contribution is 0.361. The van der Waals surface area contributed by atoms with E-state index in [9.17, 15) is 8.42 Å². The minimum atomic E-state index is -3.19. The van der Waals surface area contributed by atoms with Gasteiger partial charge in [0.05, 0.1) is 17.1 Å². The average molecular weight is 482 g/mol. The fourth-order valence-corrected chi connectivity index (χ4v) is 5.18. The standard InChI is InChI=1S/C23H23N5O3S2/c1-15-13-28-14-20(25-23(28)32-15)17-4-3-5-18(10-17)22-26-21(31-27-22)12-24-11-16-6-8-19(9-7-16)33(2,29)30/h3-4,6-10,13-14,18,24H,5,11-12H2,1-2H3. The summed E-state index contributed by atoms with van der Waals surface area (Å²) < 4.78 is 30.6. The fraction of sp³-hybridized carbons (Fsp3) is 0.261. The van der Waals surface area contributed by atoms with Crippen molar-refractivity contribution in [3.8, 4) is 0 Å². The average Bonchev–Trinajstić information content (AvgIpc) is 3.49. The first kappa shape index (κ1) is 21.7. The number of aromatic nitrogens is 4. The summed E-state index contributed by atoms with van der Waals surface area (Å²) in [4.78, 5) is 11.8. The summed E-state index contributed by atoms with van der Waals surface area (Å²) in [5.41, 5.74) is 2.97. The molecule has 1 aliphatic rings. The van der Waals surface area contributed by atoms with Crippen molar-refractivity contribution in [1.82, 2.24) is 24.8 Å². The first-order valence-electron chi connectivity index (χ1n) is 10.5. The van der Waals surface area contributed by atoms with Crippen LogP contribution < -0.4 is 5.32 Å². The molecule has 0 saturated heterocycles. The van der Waals surface area contributed by atoms with Gasteiger partial charge in [-0.1, -0.05) is 35.5 Å². The summed E-state index contributed by atoms with van der Waals surface area (Å²) in [5.74, 6) is 1.20. The molecule has 170 valence electrons. The molecule has 4 aromatic rings. The Kier molecular flexibility index (Phi) is 5.73.